The van der Waals surface area contributed by atoms with Crippen LogP contribution in [-0.2, 0) is 0 Å². The van der Waals surface area contributed by atoms with E-state index in [1.807, 2.05) is 42.6 Å². The summed E-state index contributed by atoms with van der Waals surface area (Å²) in [5.74, 6) is 2.27. The minimum Gasteiger partial charge on any atom is -0.457 e. The van der Waals surface area contributed by atoms with Crippen molar-refractivity contribution in [2.24, 2.45) is 0 Å². The average molecular weight is 723 g/mol. The van der Waals surface area contributed by atoms with Crippen LogP contribution >= 0.6 is 0 Å². The van der Waals surface area contributed by atoms with Gasteiger partial charge in [0.25, 0.3) is 0 Å². The standard InChI is InChI=1S/C50H34N4O2/c1-4-13-34(14-5-1)36-23-26-45-43(27-36)41-25-24-40(29-46(41)54(45)50-30-49-44(31-51-50)42-21-10-11-22-48(42)56-49)55-39-20-12-19-38(28-39)52-32-47(35-15-6-2-7-16-35)53(33-52)37-17-8-3-9-18-37/h1-32H,33H2. The molecule has 7 aromatic carbocycles. The van der Waals surface area contributed by atoms with Crippen LogP contribution < -0.4 is 14.5 Å². The lowest BCUT2D eigenvalue weighted by molar-refractivity contribution is 0.483. The fourth-order valence-electron chi connectivity index (χ4n) is 8.03. The Morgan fingerprint density at radius 3 is 2.05 bits per heavy atom. The molecule has 0 unspecified atom stereocenters. The summed E-state index contributed by atoms with van der Waals surface area (Å²) < 4.78 is 15.2. The first-order valence-corrected chi connectivity index (χ1v) is 18.8. The molecule has 0 atom stereocenters. The van der Waals surface area contributed by atoms with Gasteiger partial charge >= 0.3 is 0 Å². The Kier molecular flexibility index (Phi) is 7.45. The smallest absolute Gasteiger partial charge is 0.141 e. The van der Waals surface area contributed by atoms with E-state index in [9.17, 15) is 0 Å². The number of ether oxygens (including phenoxy) is 1. The van der Waals surface area contributed by atoms with E-state index < -0.39 is 0 Å². The highest BCUT2D eigenvalue weighted by atomic mass is 16.5. The lowest BCUT2D eigenvalue weighted by Gasteiger charge is -2.24. The van der Waals surface area contributed by atoms with E-state index in [1.54, 1.807) is 0 Å². The topological polar surface area (TPSA) is 46.7 Å². The Bertz CT molecular complexity index is 3100. The monoisotopic (exact) mass is 722 g/mol. The first kappa shape index (κ1) is 31.9. The van der Waals surface area contributed by atoms with E-state index in [2.05, 4.69) is 166 Å². The van der Waals surface area contributed by atoms with E-state index >= 15 is 0 Å². The Hall–Kier alpha value is -7.57. The maximum absolute atomic E-state index is 6.69. The van der Waals surface area contributed by atoms with Crippen molar-refractivity contribution in [1.82, 2.24) is 9.55 Å². The molecule has 0 N–H and O–H groups in total. The molecule has 0 fully saturated rings. The summed E-state index contributed by atoms with van der Waals surface area (Å²) in [6.07, 6.45) is 4.15. The number of benzene rings is 7. The number of hydrogen-bond acceptors (Lipinski definition) is 5. The van der Waals surface area contributed by atoms with Crippen LogP contribution in [-0.4, -0.2) is 16.2 Å². The third-order valence-electron chi connectivity index (χ3n) is 10.7. The summed E-state index contributed by atoms with van der Waals surface area (Å²) in [6.45, 7) is 0.678. The Balaban J connectivity index is 0.993. The average Bonchev–Trinajstić information content (AvgIpc) is 3.96. The van der Waals surface area contributed by atoms with Gasteiger partial charge in [-0.05, 0) is 71.3 Å². The van der Waals surface area contributed by atoms with Gasteiger partial charge < -0.3 is 19.0 Å². The number of aromatic nitrogens is 2. The molecule has 4 heterocycles. The maximum Gasteiger partial charge on any atom is 0.141 e. The fourth-order valence-corrected chi connectivity index (χ4v) is 8.03. The first-order valence-electron chi connectivity index (χ1n) is 18.8. The van der Waals surface area contributed by atoms with Gasteiger partial charge in [0, 0.05) is 63.5 Å². The lowest BCUT2D eigenvalue weighted by Crippen LogP contribution is -2.26. The van der Waals surface area contributed by atoms with Crippen molar-refractivity contribution in [3.63, 3.8) is 0 Å². The van der Waals surface area contributed by atoms with Gasteiger partial charge in [0.2, 0.25) is 0 Å². The molecule has 0 aliphatic carbocycles. The Morgan fingerprint density at radius 1 is 0.482 bits per heavy atom. The summed E-state index contributed by atoms with van der Waals surface area (Å²) in [4.78, 5) is 9.64. The van der Waals surface area contributed by atoms with Crippen LogP contribution in [0.2, 0.25) is 0 Å². The number of nitrogens with zero attached hydrogens (tertiary/aromatic N) is 4. The molecule has 6 nitrogen and oxygen atoms in total. The summed E-state index contributed by atoms with van der Waals surface area (Å²) in [6, 6.07) is 63.0. The van der Waals surface area contributed by atoms with Crippen molar-refractivity contribution in [3.05, 3.63) is 200 Å². The van der Waals surface area contributed by atoms with Gasteiger partial charge in [-0.15, -0.1) is 0 Å². The molecule has 0 bridgehead atoms. The molecule has 266 valence electrons. The number of fused-ring (bicyclic) bond motifs is 6. The van der Waals surface area contributed by atoms with Crippen LogP contribution in [0, 0.1) is 0 Å². The molecule has 0 radical (unpaired) electrons. The van der Waals surface area contributed by atoms with Crippen molar-refractivity contribution in [3.8, 4) is 28.4 Å². The molecular formula is C50H34N4O2. The normalized spacial score (nSPS) is 13.0. The highest BCUT2D eigenvalue weighted by Crippen LogP contribution is 2.40. The molecular weight excluding hydrogens is 689 g/mol. The largest absolute Gasteiger partial charge is 0.457 e. The van der Waals surface area contributed by atoms with E-state index in [4.69, 9.17) is 14.1 Å². The molecule has 0 spiro atoms. The quantitative estimate of drug-likeness (QED) is 0.164. The van der Waals surface area contributed by atoms with Crippen LogP contribution in [0.25, 0.3) is 66.4 Å². The van der Waals surface area contributed by atoms with Gasteiger partial charge in [-0.3, -0.25) is 4.57 Å². The first-order chi connectivity index (χ1) is 27.7. The summed E-state index contributed by atoms with van der Waals surface area (Å²) in [7, 11) is 0. The van der Waals surface area contributed by atoms with Crippen LogP contribution in [0.4, 0.5) is 11.4 Å². The Labute approximate surface area is 323 Å². The minimum atomic E-state index is 0.678. The van der Waals surface area contributed by atoms with Gasteiger partial charge in [0.15, 0.2) is 0 Å². The van der Waals surface area contributed by atoms with E-state index in [0.717, 1.165) is 83.7 Å². The summed E-state index contributed by atoms with van der Waals surface area (Å²) in [5, 5.41) is 4.31. The van der Waals surface area contributed by atoms with Gasteiger partial charge in [0.05, 0.1) is 23.4 Å². The maximum atomic E-state index is 6.69. The van der Waals surface area contributed by atoms with Crippen molar-refractivity contribution >= 4 is 60.8 Å². The van der Waals surface area contributed by atoms with E-state index in [0.29, 0.717) is 6.67 Å². The number of furan rings is 1. The third-order valence-corrected chi connectivity index (χ3v) is 10.7. The molecule has 1 aliphatic heterocycles. The molecule has 0 saturated carbocycles. The van der Waals surface area contributed by atoms with Crippen molar-refractivity contribution < 1.29 is 9.15 Å². The zero-order valence-corrected chi connectivity index (χ0v) is 30.3. The van der Waals surface area contributed by atoms with Crippen LogP contribution in [0.5, 0.6) is 11.5 Å². The third kappa shape index (κ3) is 5.46. The second kappa shape index (κ2) is 13.1. The zero-order chi connectivity index (χ0) is 37.0. The molecule has 1 aliphatic rings. The summed E-state index contributed by atoms with van der Waals surface area (Å²) >= 11 is 0. The van der Waals surface area contributed by atoms with Crippen molar-refractivity contribution in [2.45, 2.75) is 0 Å². The molecule has 10 aromatic rings. The fraction of sp³-hybridized carbons (Fsp3) is 0.0200. The number of anilines is 2. The minimum absolute atomic E-state index is 0.678. The molecule has 0 amide bonds. The van der Waals surface area contributed by atoms with Crippen LogP contribution in [0.3, 0.4) is 0 Å². The molecule has 56 heavy (non-hydrogen) atoms. The molecule has 3 aromatic heterocycles. The molecule has 11 rings (SSSR count). The predicted molar refractivity (Wildman–Crippen MR) is 228 cm³/mol. The number of para-hydroxylation sites is 2. The van der Waals surface area contributed by atoms with Crippen molar-refractivity contribution in [2.75, 3.05) is 16.5 Å². The highest BCUT2D eigenvalue weighted by Gasteiger charge is 2.25. The predicted octanol–water partition coefficient (Wildman–Crippen LogP) is 12.8. The second-order valence-corrected chi connectivity index (χ2v) is 14.1. The number of rotatable bonds is 7. The number of hydrogen-bond donors (Lipinski definition) is 0. The van der Waals surface area contributed by atoms with Crippen LogP contribution in [0.15, 0.2) is 199 Å². The van der Waals surface area contributed by atoms with Gasteiger partial charge in [-0.1, -0.05) is 109 Å². The molecule has 0 saturated heterocycles. The van der Waals surface area contributed by atoms with E-state index in [1.165, 1.54) is 11.1 Å². The second-order valence-electron chi connectivity index (χ2n) is 14.1. The van der Waals surface area contributed by atoms with E-state index in [-0.39, 0.29) is 0 Å². The van der Waals surface area contributed by atoms with Crippen molar-refractivity contribution in [1.29, 1.82) is 0 Å². The molecule has 6 heteroatoms. The zero-order valence-electron chi connectivity index (χ0n) is 30.3. The lowest BCUT2D eigenvalue weighted by atomic mass is 10.0. The van der Waals surface area contributed by atoms with Gasteiger partial charge in [-0.2, -0.15) is 0 Å². The van der Waals surface area contributed by atoms with Crippen LogP contribution in [0.1, 0.15) is 5.56 Å². The summed E-state index contributed by atoms with van der Waals surface area (Å²) in [5.41, 5.74) is 10.5. The van der Waals surface area contributed by atoms with Gasteiger partial charge in [0.1, 0.15) is 28.5 Å². The Morgan fingerprint density at radius 2 is 1.21 bits per heavy atom. The van der Waals surface area contributed by atoms with Gasteiger partial charge in [-0.25, -0.2) is 4.98 Å². The highest BCUT2D eigenvalue weighted by molar-refractivity contribution is 6.11. The SMILES string of the molecule is C1=C(c2ccccc2)N(c2ccccc2)CN1c1cccc(Oc2ccc3c4cc(-c5ccccc5)ccc4n(-c4cc5oc6ccccc6c5cn4)c3c2)c1. The number of pyridine rings is 1.